The highest BCUT2D eigenvalue weighted by Gasteiger charge is 2.03. The molecule has 1 aromatic rings. The second-order valence-electron chi connectivity index (χ2n) is 4.48. The number of halogens is 1. The number of hydrogen-bond acceptors (Lipinski definition) is 2. The monoisotopic (exact) mass is 283 g/mol. The fraction of sp³-hybridized carbons (Fsp3) is 0.533. The van der Waals surface area contributed by atoms with E-state index in [1.54, 1.807) is 7.11 Å². The molecule has 0 saturated heterocycles. The Morgan fingerprint density at radius 2 is 2.05 bits per heavy atom. The van der Waals surface area contributed by atoms with Gasteiger partial charge < -0.3 is 10.1 Å². The fourth-order valence-corrected chi connectivity index (χ4v) is 2.02. The number of nitrogens with one attached hydrogen (secondary N) is 1. The first-order chi connectivity index (χ1) is 9.26. The third-order valence-corrected chi connectivity index (χ3v) is 3.15. The summed E-state index contributed by atoms with van der Waals surface area (Å²) >= 11 is 5.60. The number of carbonyl (C=O) groups excluding carboxylic acids is 1. The maximum absolute atomic E-state index is 11.7. The van der Waals surface area contributed by atoms with Gasteiger partial charge in [-0.2, -0.15) is 0 Å². The number of rotatable bonds is 9. The molecule has 0 spiro atoms. The Morgan fingerprint density at radius 1 is 1.26 bits per heavy atom. The largest absolute Gasteiger partial charge is 0.497 e. The summed E-state index contributed by atoms with van der Waals surface area (Å²) in [6.07, 6.45) is 4.72. The lowest BCUT2D eigenvalue weighted by atomic mass is 10.1. The van der Waals surface area contributed by atoms with Crippen LogP contribution in [0, 0.1) is 0 Å². The molecule has 0 aliphatic heterocycles. The van der Waals surface area contributed by atoms with Crippen molar-refractivity contribution >= 4 is 17.5 Å². The molecule has 0 aliphatic rings. The lowest BCUT2D eigenvalue weighted by molar-refractivity contribution is -0.120. The number of methoxy groups -OCH3 is 1. The number of ether oxygens (including phenoxy) is 1. The van der Waals surface area contributed by atoms with Crippen LogP contribution in [0.4, 0.5) is 0 Å². The predicted octanol–water partition coefficient (Wildman–Crippen LogP) is 3.15. The quantitative estimate of drug-likeness (QED) is 0.558. The summed E-state index contributed by atoms with van der Waals surface area (Å²) in [6, 6.07) is 7.59. The van der Waals surface area contributed by atoms with E-state index in [0.717, 1.165) is 49.4 Å². The van der Waals surface area contributed by atoms with E-state index in [-0.39, 0.29) is 5.91 Å². The van der Waals surface area contributed by atoms with Crippen molar-refractivity contribution in [1.29, 1.82) is 0 Å². The number of unbranched alkanes of at least 4 members (excludes halogenated alkanes) is 3. The number of amides is 1. The zero-order chi connectivity index (χ0) is 13.9. The van der Waals surface area contributed by atoms with Crippen LogP contribution in [0.15, 0.2) is 24.3 Å². The first kappa shape index (κ1) is 15.8. The molecule has 0 bridgehead atoms. The SMILES string of the molecule is COc1cccc(CC(=O)NCCCCCCCl)c1. The molecule has 1 aromatic carbocycles. The Morgan fingerprint density at radius 3 is 2.79 bits per heavy atom. The van der Waals surface area contributed by atoms with E-state index in [4.69, 9.17) is 16.3 Å². The second kappa shape index (κ2) is 9.68. The number of alkyl halides is 1. The van der Waals surface area contributed by atoms with Crippen LogP contribution in [0.3, 0.4) is 0 Å². The zero-order valence-electron chi connectivity index (χ0n) is 11.5. The summed E-state index contributed by atoms with van der Waals surface area (Å²) in [6.45, 7) is 0.741. The molecule has 19 heavy (non-hydrogen) atoms. The van der Waals surface area contributed by atoms with E-state index in [1.807, 2.05) is 24.3 Å². The number of benzene rings is 1. The standard InChI is InChI=1S/C15H22ClNO2/c1-19-14-8-6-7-13(11-14)12-15(18)17-10-5-3-2-4-9-16/h6-8,11H,2-5,9-10,12H2,1H3,(H,17,18). The maximum atomic E-state index is 11.7. The van der Waals surface area contributed by atoms with Gasteiger partial charge in [0.05, 0.1) is 13.5 Å². The van der Waals surface area contributed by atoms with Crippen LogP contribution in [0.25, 0.3) is 0 Å². The highest BCUT2D eigenvalue weighted by molar-refractivity contribution is 6.17. The summed E-state index contributed by atoms with van der Waals surface area (Å²) < 4.78 is 5.13. The number of carbonyl (C=O) groups is 1. The Kier molecular flexibility index (Phi) is 8.07. The van der Waals surface area contributed by atoms with Gasteiger partial charge in [-0.15, -0.1) is 11.6 Å². The predicted molar refractivity (Wildman–Crippen MR) is 78.9 cm³/mol. The minimum absolute atomic E-state index is 0.0607. The normalized spacial score (nSPS) is 10.2. The van der Waals surface area contributed by atoms with Gasteiger partial charge in [0.25, 0.3) is 0 Å². The maximum Gasteiger partial charge on any atom is 0.224 e. The van der Waals surface area contributed by atoms with Gasteiger partial charge >= 0.3 is 0 Å². The van der Waals surface area contributed by atoms with E-state index < -0.39 is 0 Å². The Bertz CT molecular complexity index is 382. The zero-order valence-corrected chi connectivity index (χ0v) is 12.2. The minimum atomic E-state index is 0.0607. The van der Waals surface area contributed by atoms with Crippen molar-refractivity contribution in [2.45, 2.75) is 32.1 Å². The Labute approximate surface area is 120 Å². The van der Waals surface area contributed by atoms with Crippen molar-refractivity contribution in [1.82, 2.24) is 5.32 Å². The average Bonchev–Trinajstić information content (AvgIpc) is 2.43. The Hall–Kier alpha value is -1.22. The first-order valence-corrected chi connectivity index (χ1v) is 7.25. The van der Waals surface area contributed by atoms with Gasteiger partial charge in [-0.3, -0.25) is 4.79 Å². The fourth-order valence-electron chi connectivity index (χ4n) is 1.83. The summed E-state index contributed by atoms with van der Waals surface area (Å²) in [5, 5.41) is 2.93. The highest BCUT2D eigenvalue weighted by atomic mass is 35.5. The van der Waals surface area contributed by atoms with Crippen LogP contribution in [-0.2, 0) is 11.2 Å². The lowest BCUT2D eigenvalue weighted by Crippen LogP contribution is -2.26. The van der Waals surface area contributed by atoms with E-state index in [2.05, 4.69) is 5.32 Å². The summed E-state index contributed by atoms with van der Waals surface area (Å²) in [4.78, 5) is 11.7. The molecule has 1 N–H and O–H groups in total. The van der Waals surface area contributed by atoms with Crippen LogP contribution in [-0.4, -0.2) is 25.4 Å². The Balaban J connectivity index is 2.19. The van der Waals surface area contributed by atoms with Crippen LogP contribution in [0.1, 0.15) is 31.2 Å². The van der Waals surface area contributed by atoms with Crippen molar-refractivity contribution in [3.63, 3.8) is 0 Å². The van der Waals surface area contributed by atoms with Gasteiger partial charge in [-0.25, -0.2) is 0 Å². The van der Waals surface area contributed by atoms with Crippen molar-refractivity contribution < 1.29 is 9.53 Å². The third kappa shape index (κ3) is 7.06. The van der Waals surface area contributed by atoms with Gasteiger partial charge in [0.1, 0.15) is 5.75 Å². The van der Waals surface area contributed by atoms with Crippen LogP contribution >= 0.6 is 11.6 Å². The van der Waals surface area contributed by atoms with Crippen molar-refractivity contribution in [3.8, 4) is 5.75 Å². The van der Waals surface area contributed by atoms with Gasteiger partial charge in [0.2, 0.25) is 5.91 Å². The molecular weight excluding hydrogens is 262 g/mol. The summed E-state index contributed by atoms with van der Waals surface area (Å²) in [5.41, 5.74) is 0.971. The van der Waals surface area contributed by atoms with Crippen LogP contribution in [0.5, 0.6) is 5.75 Å². The molecule has 4 heteroatoms. The molecular formula is C15H22ClNO2. The third-order valence-electron chi connectivity index (χ3n) is 2.88. The smallest absolute Gasteiger partial charge is 0.224 e. The highest BCUT2D eigenvalue weighted by Crippen LogP contribution is 2.12. The summed E-state index contributed by atoms with van der Waals surface area (Å²) in [7, 11) is 1.63. The molecule has 0 atom stereocenters. The van der Waals surface area contributed by atoms with Crippen LogP contribution in [0.2, 0.25) is 0 Å². The van der Waals surface area contributed by atoms with E-state index >= 15 is 0 Å². The molecule has 0 radical (unpaired) electrons. The van der Waals surface area contributed by atoms with E-state index in [0.29, 0.717) is 6.42 Å². The second-order valence-corrected chi connectivity index (χ2v) is 4.86. The molecule has 0 heterocycles. The average molecular weight is 284 g/mol. The molecule has 106 valence electrons. The van der Waals surface area contributed by atoms with Crippen molar-refractivity contribution in [3.05, 3.63) is 29.8 Å². The molecule has 0 saturated carbocycles. The van der Waals surface area contributed by atoms with Crippen molar-refractivity contribution in [2.24, 2.45) is 0 Å². The minimum Gasteiger partial charge on any atom is -0.497 e. The van der Waals surface area contributed by atoms with Crippen molar-refractivity contribution in [2.75, 3.05) is 19.5 Å². The number of hydrogen-bond donors (Lipinski definition) is 1. The van der Waals surface area contributed by atoms with Gasteiger partial charge in [-0.05, 0) is 30.5 Å². The summed E-state index contributed by atoms with van der Waals surface area (Å²) in [5.74, 6) is 1.57. The van der Waals surface area contributed by atoms with E-state index in [1.165, 1.54) is 0 Å². The molecule has 0 aromatic heterocycles. The van der Waals surface area contributed by atoms with Gasteiger partial charge in [0.15, 0.2) is 0 Å². The molecule has 0 unspecified atom stereocenters. The first-order valence-electron chi connectivity index (χ1n) is 6.72. The van der Waals surface area contributed by atoms with Gasteiger partial charge in [-0.1, -0.05) is 25.0 Å². The molecule has 1 amide bonds. The van der Waals surface area contributed by atoms with Crippen LogP contribution < -0.4 is 10.1 Å². The molecule has 0 fully saturated rings. The topological polar surface area (TPSA) is 38.3 Å². The molecule has 1 rings (SSSR count). The molecule has 3 nitrogen and oxygen atoms in total. The molecule has 0 aliphatic carbocycles. The van der Waals surface area contributed by atoms with Gasteiger partial charge in [0, 0.05) is 12.4 Å². The lowest BCUT2D eigenvalue weighted by Gasteiger charge is -2.06. The van der Waals surface area contributed by atoms with E-state index in [9.17, 15) is 4.79 Å².